The van der Waals surface area contributed by atoms with Crippen molar-refractivity contribution in [1.29, 1.82) is 0 Å². The highest BCUT2D eigenvalue weighted by atomic mass is 19.4. The Labute approximate surface area is 158 Å². The molecule has 1 N–H and O–H groups in total. The van der Waals surface area contributed by atoms with E-state index >= 15 is 0 Å². The summed E-state index contributed by atoms with van der Waals surface area (Å²) in [6, 6.07) is 11.1. The zero-order valence-electron chi connectivity index (χ0n) is 14.5. The minimum atomic E-state index is -4.38. The molecule has 2 aromatic carbocycles. The molecular weight excluding hydrogens is 373 g/mol. The molecule has 0 bridgehead atoms. The minimum Gasteiger partial charge on any atom is -0.489 e. The lowest BCUT2D eigenvalue weighted by atomic mass is 10.1. The lowest BCUT2D eigenvalue weighted by Gasteiger charge is -2.10. The number of benzene rings is 2. The molecule has 0 radical (unpaired) electrons. The van der Waals surface area contributed by atoms with Gasteiger partial charge in [0.05, 0.1) is 12.1 Å². The lowest BCUT2D eigenvalue weighted by Crippen LogP contribution is -2.06. The van der Waals surface area contributed by atoms with Gasteiger partial charge in [-0.3, -0.25) is 9.79 Å². The average molecular weight is 388 g/mol. The van der Waals surface area contributed by atoms with Crippen LogP contribution < -0.4 is 4.74 Å². The number of aliphatic imine (C=N–C) groups is 1. The summed E-state index contributed by atoms with van der Waals surface area (Å²) in [6.07, 6.45) is -4.38. The van der Waals surface area contributed by atoms with Crippen molar-refractivity contribution in [1.82, 2.24) is 15.4 Å². The maximum absolute atomic E-state index is 12.6. The molecule has 3 aromatic rings. The molecule has 144 valence electrons. The molecule has 1 heterocycles. The number of halogens is 3. The molecule has 3 rings (SSSR count). The van der Waals surface area contributed by atoms with Crippen molar-refractivity contribution in [3.63, 3.8) is 0 Å². The molecule has 1 aromatic heterocycles. The standard InChI is InChI=1S/C19H15F3N4O2/c1-23-10-16-17(25-26-24-16)18(27)13-3-2-4-15(9-13)28-11-12-5-7-14(8-6-12)19(20,21)22/h2-9H,1,10-11H2,(H,24,25,26). The molecule has 0 fully saturated rings. The number of carbonyl (C=O) groups is 1. The predicted octanol–water partition coefficient (Wildman–Crippen LogP) is 3.83. The Morgan fingerprint density at radius 2 is 1.89 bits per heavy atom. The molecule has 0 aliphatic carbocycles. The summed E-state index contributed by atoms with van der Waals surface area (Å²) in [5.41, 5.74) is 0.717. The van der Waals surface area contributed by atoms with E-state index in [1.165, 1.54) is 18.2 Å². The third-order valence-electron chi connectivity index (χ3n) is 3.88. The van der Waals surface area contributed by atoms with Gasteiger partial charge in [-0.2, -0.15) is 28.6 Å². The van der Waals surface area contributed by atoms with Crippen molar-refractivity contribution in [2.75, 3.05) is 0 Å². The van der Waals surface area contributed by atoms with Crippen LogP contribution in [-0.4, -0.2) is 27.9 Å². The highest BCUT2D eigenvalue weighted by Crippen LogP contribution is 2.29. The quantitative estimate of drug-likeness (QED) is 0.493. The van der Waals surface area contributed by atoms with Crippen LogP contribution in [0.3, 0.4) is 0 Å². The van der Waals surface area contributed by atoms with Crippen molar-refractivity contribution in [3.05, 3.63) is 76.6 Å². The molecule has 0 aliphatic heterocycles. The minimum absolute atomic E-state index is 0.0609. The molecule has 0 saturated heterocycles. The zero-order valence-corrected chi connectivity index (χ0v) is 14.5. The van der Waals surface area contributed by atoms with Crippen molar-refractivity contribution < 1.29 is 22.7 Å². The van der Waals surface area contributed by atoms with Gasteiger partial charge in [-0.15, -0.1) is 0 Å². The molecule has 28 heavy (non-hydrogen) atoms. The molecule has 9 heteroatoms. The van der Waals surface area contributed by atoms with E-state index in [2.05, 4.69) is 27.1 Å². The summed E-state index contributed by atoms with van der Waals surface area (Å²) in [4.78, 5) is 16.3. The van der Waals surface area contributed by atoms with Gasteiger partial charge in [0.1, 0.15) is 18.1 Å². The number of hydrogen-bond acceptors (Lipinski definition) is 5. The molecule has 0 spiro atoms. The number of carbonyl (C=O) groups excluding carboxylic acids is 1. The number of alkyl halides is 3. The number of H-pyrrole nitrogens is 1. The van der Waals surface area contributed by atoms with Crippen LogP contribution in [0.2, 0.25) is 0 Å². The molecular formula is C19H15F3N4O2. The Morgan fingerprint density at radius 1 is 1.14 bits per heavy atom. The van der Waals surface area contributed by atoms with E-state index < -0.39 is 11.7 Å². The van der Waals surface area contributed by atoms with Gasteiger partial charge in [0.15, 0.2) is 5.69 Å². The van der Waals surface area contributed by atoms with Gasteiger partial charge in [0.2, 0.25) is 5.78 Å². The Bertz CT molecular complexity index is 981. The highest BCUT2D eigenvalue weighted by molar-refractivity contribution is 6.08. The van der Waals surface area contributed by atoms with Gasteiger partial charge in [-0.25, -0.2) is 0 Å². The van der Waals surface area contributed by atoms with E-state index in [0.717, 1.165) is 12.1 Å². The predicted molar refractivity (Wildman–Crippen MR) is 95.3 cm³/mol. The number of aromatic amines is 1. The lowest BCUT2D eigenvalue weighted by molar-refractivity contribution is -0.137. The Balaban J connectivity index is 1.70. The number of aromatic nitrogens is 3. The van der Waals surface area contributed by atoms with Crippen LogP contribution in [0.1, 0.15) is 32.9 Å². The van der Waals surface area contributed by atoms with Gasteiger partial charge < -0.3 is 4.74 Å². The second kappa shape index (κ2) is 8.03. The largest absolute Gasteiger partial charge is 0.489 e. The average Bonchev–Trinajstić information content (AvgIpc) is 3.14. The molecule has 0 atom stereocenters. The Kier molecular flexibility index (Phi) is 5.53. The van der Waals surface area contributed by atoms with Crippen molar-refractivity contribution in [3.8, 4) is 5.75 Å². The molecule has 0 aliphatic rings. The number of nitrogens with zero attached hydrogens (tertiary/aromatic N) is 3. The maximum atomic E-state index is 12.6. The summed E-state index contributed by atoms with van der Waals surface area (Å²) in [5.74, 6) is 0.0463. The van der Waals surface area contributed by atoms with Crippen LogP contribution in [0.25, 0.3) is 0 Å². The van der Waals surface area contributed by atoms with E-state index in [1.54, 1.807) is 18.2 Å². The topological polar surface area (TPSA) is 80.2 Å². The fourth-order valence-electron chi connectivity index (χ4n) is 2.47. The van der Waals surface area contributed by atoms with Crippen LogP contribution in [0.5, 0.6) is 5.75 Å². The molecule has 0 saturated carbocycles. The van der Waals surface area contributed by atoms with Gasteiger partial charge in [0.25, 0.3) is 0 Å². The first-order valence-corrected chi connectivity index (χ1v) is 8.14. The normalized spacial score (nSPS) is 11.2. The van der Waals surface area contributed by atoms with Crippen LogP contribution in [-0.2, 0) is 19.3 Å². The van der Waals surface area contributed by atoms with Gasteiger partial charge in [0, 0.05) is 5.56 Å². The van der Waals surface area contributed by atoms with E-state index in [1.807, 2.05) is 0 Å². The second-order valence-electron chi connectivity index (χ2n) is 5.84. The summed E-state index contributed by atoms with van der Waals surface area (Å²) < 4.78 is 43.4. The number of rotatable bonds is 7. The third kappa shape index (κ3) is 4.43. The summed E-state index contributed by atoms with van der Waals surface area (Å²) in [5, 5.41) is 10.1. The van der Waals surface area contributed by atoms with E-state index in [0.29, 0.717) is 22.6 Å². The Hall–Kier alpha value is -3.49. The van der Waals surface area contributed by atoms with Crippen LogP contribution >= 0.6 is 0 Å². The van der Waals surface area contributed by atoms with Crippen LogP contribution in [0, 0.1) is 0 Å². The molecule has 6 nitrogen and oxygen atoms in total. The van der Waals surface area contributed by atoms with Gasteiger partial charge >= 0.3 is 6.18 Å². The second-order valence-corrected chi connectivity index (χ2v) is 5.84. The van der Waals surface area contributed by atoms with Crippen molar-refractivity contribution >= 4 is 12.5 Å². The number of ether oxygens (including phenoxy) is 1. The Morgan fingerprint density at radius 3 is 2.57 bits per heavy atom. The van der Waals surface area contributed by atoms with Crippen LogP contribution in [0.15, 0.2) is 53.5 Å². The van der Waals surface area contributed by atoms with Crippen molar-refractivity contribution in [2.45, 2.75) is 19.3 Å². The first kappa shape index (κ1) is 19.3. The molecule has 0 amide bonds. The summed E-state index contributed by atoms with van der Waals surface area (Å²) in [6.45, 7) is 3.58. The highest BCUT2D eigenvalue weighted by Gasteiger charge is 2.29. The third-order valence-corrected chi connectivity index (χ3v) is 3.88. The monoisotopic (exact) mass is 388 g/mol. The fraction of sp³-hybridized carbons (Fsp3) is 0.158. The van der Waals surface area contributed by atoms with Crippen molar-refractivity contribution in [2.24, 2.45) is 4.99 Å². The van der Waals surface area contributed by atoms with E-state index in [9.17, 15) is 18.0 Å². The maximum Gasteiger partial charge on any atom is 0.416 e. The van der Waals surface area contributed by atoms with Crippen LogP contribution in [0.4, 0.5) is 13.2 Å². The summed E-state index contributed by atoms with van der Waals surface area (Å²) >= 11 is 0. The number of nitrogens with one attached hydrogen (secondary N) is 1. The van der Waals surface area contributed by atoms with Gasteiger partial charge in [-0.05, 0) is 36.5 Å². The fourth-order valence-corrected chi connectivity index (χ4v) is 2.47. The summed E-state index contributed by atoms with van der Waals surface area (Å²) in [7, 11) is 0. The molecule has 0 unspecified atom stereocenters. The SMILES string of the molecule is C=NCc1n[nH]nc1C(=O)c1cccc(OCc2ccc(C(F)(F)F)cc2)c1. The smallest absolute Gasteiger partial charge is 0.416 e. The number of hydrogen-bond donors (Lipinski definition) is 1. The number of ketones is 1. The van der Waals surface area contributed by atoms with E-state index in [-0.39, 0.29) is 24.6 Å². The first-order valence-electron chi connectivity index (χ1n) is 8.14. The first-order chi connectivity index (χ1) is 13.4. The van der Waals surface area contributed by atoms with E-state index in [4.69, 9.17) is 4.74 Å². The zero-order chi connectivity index (χ0) is 20.1. The van der Waals surface area contributed by atoms with Gasteiger partial charge in [-0.1, -0.05) is 24.3 Å².